The van der Waals surface area contributed by atoms with Crippen LogP contribution in [0.25, 0.3) is 28.3 Å². The second-order valence-electron chi connectivity index (χ2n) is 6.54. The topological polar surface area (TPSA) is 63.2 Å². The van der Waals surface area contributed by atoms with E-state index in [1.165, 1.54) is 0 Å². The molecule has 0 bridgehead atoms. The number of imidazole rings is 1. The summed E-state index contributed by atoms with van der Waals surface area (Å²) >= 11 is 6.19. The van der Waals surface area contributed by atoms with E-state index in [1.54, 1.807) is 6.33 Å². The molecule has 5 nitrogen and oxygen atoms in total. The van der Waals surface area contributed by atoms with Crippen molar-refractivity contribution >= 4 is 11.6 Å². The van der Waals surface area contributed by atoms with Crippen molar-refractivity contribution in [3.05, 3.63) is 84.3 Å². The zero-order chi connectivity index (χ0) is 19.5. The number of aliphatic hydroxyl groups is 2. The van der Waals surface area contributed by atoms with Gasteiger partial charge >= 0.3 is 0 Å². The minimum atomic E-state index is -0.869. The van der Waals surface area contributed by atoms with E-state index in [0.717, 1.165) is 28.3 Å². The maximum atomic E-state index is 10.0. The van der Waals surface area contributed by atoms with Crippen molar-refractivity contribution in [2.24, 2.45) is 0 Å². The van der Waals surface area contributed by atoms with Crippen LogP contribution < -0.4 is 0 Å². The van der Waals surface area contributed by atoms with E-state index < -0.39 is 6.10 Å². The van der Waals surface area contributed by atoms with Crippen molar-refractivity contribution < 1.29 is 10.2 Å². The van der Waals surface area contributed by atoms with Crippen molar-refractivity contribution in [3.63, 3.8) is 0 Å². The molecular formula is C22H20ClN3O2. The molecule has 2 N–H and O–H groups in total. The average molecular weight is 394 g/mol. The van der Waals surface area contributed by atoms with Gasteiger partial charge in [-0.3, -0.25) is 0 Å². The smallest absolute Gasteiger partial charge is 0.0978 e. The van der Waals surface area contributed by atoms with E-state index in [2.05, 4.69) is 4.98 Å². The summed E-state index contributed by atoms with van der Waals surface area (Å²) in [5, 5.41) is 20.0. The lowest BCUT2D eigenvalue weighted by Gasteiger charge is -2.16. The summed E-state index contributed by atoms with van der Waals surface area (Å²) in [7, 11) is 0. The van der Waals surface area contributed by atoms with Gasteiger partial charge in [0.1, 0.15) is 0 Å². The SMILES string of the molecule is OC[C@@H](O)Cn1cnc(-c2ccccc2)c1-c1cccn1-c1cccc(Cl)c1. The van der Waals surface area contributed by atoms with Crippen molar-refractivity contribution in [3.8, 4) is 28.3 Å². The molecular weight excluding hydrogens is 374 g/mol. The molecule has 4 aromatic rings. The number of hydrogen-bond donors (Lipinski definition) is 2. The Balaban J connectivity index is 1.89. The first-order valence-corrected chi connectivity index (χ1v) is 9.38. The van der Waals surface area contributed by atoms with Crippen LogP contribution in [0.15, 0.2) is 79.3 Å². The van der Waals surface area contributed by atoms with Gasteiger partial charge in [-0.25, -0.2) is 4.98 Å². The summed E-state index contributed by atoms with van der Waals surface area (Å²) < 4.78 is 3.91. The Labute approximate surface area is 168 Å². The van der Waals surface area contributed by atoms with Gasteiger partial charge in [0.15, 0.2) is 0 Å². The van der Waals surface area contributed by atoms with Gasteiger partial charge in [-0.2, -0.15) is 0 Å². The highest BCUT2D eigenvalue weighted by Gasteiger charge is 2.20. The van der Waals surface area contributed by atoms with E-state index in [1.807, 2.05) is 82.1 Å². The number of nitrogens with zero attached hydrogens (tertiary/aromatic N) is 3. The lowest BCUT2D eigenvalue weighted by Crippen LogP contribution is -2.20. The van der Waals surface area contributed by atoms with Crippen molar-refractivity contribution in [2.75, 3.05) is 6.61 Å². The fourth-order valence-electron chi connectivity index (χ4n) is 3.31. The molecule has 0 spiro atoms. The highest BCUT2D eigenvalue weighted by molar-refractivity contribution is 6.30. The highest BCUT2D eigenvalue weighted by atomic mass is 35.5. The lowest BCUT2D eigenvalue weighted by atomic mass is 10.1. The largest absolute Gasteiger partial charge is 0.394 e. The fraction of sp³-hybridized carbons (Fsp3) is 0.136. The number of benzene rings is 2. The van der Waals surface area contributed by atoms with Gasteiger partial charge in [-0.1, -0.05) is 48.0 Å². The average Bonchev–Trinajstić information content (AvgIpc) is 3.35. The Kier molecular flexibility index (Phi) is 5.30. The predicted octanol–water partition coefficient (Wildman–Crippen LogP) is 4.01. The predicted molar refractivity (Wildman–Crippen MR) is 111 cm³/mol. The molecule has 0 fully saturated rings. The van der Waals surface area contributed by atoms with Crippen molar-refractivity contribution in [1.82, 2.24) is 14.1 Å². The van der Waals surface area contributed by atoms with Crippen LogP contribution in [0.3, 0.4) is 0 Å². The summed E-state index contributed by atoms with van der Waals surface area (Å²) in [6.07, 6.45) is 2.80. The molecule has 0 amide bonds. The van der Waals surface area contributed by atoms with Gasteiger partial charge in [-0.05, 0) is 30.3 Å². The van der Waals surface area contributed by atoms with Gasteiger partial charge in [-0.15, -0.1) is 0 Å². The normalized spacial score (nSPS) is 12.2. The molecule has 4 rings (SSSR count). The maximum absolute atomic E-state index is 10.0. The Bertz CT molecular complexity index is 1070. The minimum absolute atomic E-state index is 0.242. The summed E-state index contributed by atoms with van der Waals surface area (Å²) in [6, 6.07) is 21.5. The van der Waals surface area contributed by atoms with E-state index in [0.29, 0.717) is 5.02 Å². The van der Waals surface area contributed by atoms with Crippen LogP contribution in [0, 0.1) is 0 Å². The number of rotatable bonds is 6. The molecule has 0 saturated heterocycles. The summed E-state index contributed by atoms with van der Waals surface area (Å²) in [5.41, 5.74) is 4.51. The Hall–Kier alpha value is -2.86. The highest BCUT2D eigenvalue weighted by Crippen LogP contribution is 2.33. The monoisotopic (exact) mass is 393 g/mol. The van der Waals surface area contributed by atoms with Crippen molar-refractivity contribution in [2.45, 2.75) is 12.6 Å². The molecule has 28 heavy (non-hydrogen) atoms. The molecule has 1 atom stereocenters. The molecule has 142 valence electrons. The molecule has 2 aromatic heterocycles. The molecule has 0 aliphatic carbocycles. The standard InChI is InChI=1S/C22H20ClN3O2/c23-17-8-4-9-18(12-17)26-11-5-10-20(26)22-21(16-6-2-1-3-7-16)24-15-25(22)13-19(28)14-27/h1-12,15,19,27-28H,13-14H2/t19-/m0/s1. The van der Waals surface area contributed by atoms with Gasteiger partial charge in [0.05, 0.1) is 42.7 Å². The summed E-state index contributed by atoms with van der Waals surface area (Å²) in [5.74, 6) is 0. The summed E-state index contributed by atoms with van der Waals surface area (Å²) in [6.45, 7) is -0.0695. The molecule has 2 aromatic carbocycles. The molecule has 0 aliphatic heterocycles. The fourth-order valence-corrected chi connectivity index (χ4v) is 3.49. The Morgan fingerprint density at radius 3 is 2.57 bits per heavy atom. The molecule has 0 aliphatic rings. The second-order valence-corrected chi connectivity index (χ2v) is 6.98. The van der Waals surface area contributed by atoms with Crippen LogP contribution in [0.5, 0.6) is 0 Å². The van der Waals surface area contributed by atoms with E-state index in [-0.39, 0.29) is 13.2 Å². The third-order valence-corrected chi connectivity index (χ3v) is 4.82. The summed E-state index contributed by atoms with van der Waals surface area (Å²) in [4.78, 5) is 4.61. The first-order chi connectivity index (χ1) is 13.7. The quantitative estimate of drug-likeness (QED) is 0.520. The van der Waals surface area contributed by atoms with Crippen molar-refractivity contribution in [1.29, 1.82) is 0 Å². The van der Waals surface area contributed by atoms with Crippen LogP contribution >= 0.6 is 11.6 Å². The number of hydrogen-bond acceptors (Lipinski definition) is 3. The zero-order valence-corrected chi connectivity index (χ0v) is 15.9. The van der Waals surface area contributed by atoms with Gasteiger partial charge < -0.3 is 19.3 Å². The number of aliphatic hydroxyl groups excluding tert-OH is 2. The molecule has 6 heteroatoms. The van der Waals surface area contributed by atoms with E-state index in [4.69, 9.17) is 11.6 Å². The van der Waals surface area contributed by atoms with E-state index >= 15 is 0 Å². The van der Waals surface area contributed by atoms with E-state index in [9.17, 15) is 10.2 Å². The lowest BCUT2D eigenvalue weighted by molar-refractivity contribution is 0.0815. The Morgan fingerprint density at radius 2 is 1.82 bits per heavy atom. The van der Waals surface area contributed by atoms with Crippen LogP contribution in [0.2, 0.25) is 5.02 Å². The number of halogens is 1. The zero-order valence-electron chi connectivity index (χ0n) is 15.1. The van der Waals surface area contributed by atoms with Crippen LogP contribution in [0.4, 0.5) is 0 Å². The van der Waals surface area contributed by atoms with Gasteiger partial charge in [0, 0.05) is 22.5 Å². The minimum Gasteiger partial charge on any atom is -0.394 e. The molecule has 0 radical (unpaired) electrons. The second kappa shape index (κ2) is 8.02. The van der Waals surface area contributed by atoms with Crippen LogP contribution in [-0.2, 0) is 6.54 Å². The molecule has 0 unspecified atom stereocenters. The van der Waals surface area contributed by atoms with Gasteiger partial charge in [0.2, 0.25) is 0 Å². The third-order valence-electron chi connectivity index (χ3n) is 4.58. The van der Waals surface area contributed by atoms with Crippen LogP contribution in [0.1, 0.15) is 0 Å². The van der Waals surface area contributed by atoms with Gasteiger partial charge in [0.25, 0.3) is 0 Å². The maximum Gasteiger partial charge on any atom is 0.0978 e. The number of aromatic nitrogens is 3. The molecule has 0 saturated carbocycles. The van der Waals surface area contributed by atoms with Crippen LogP contribution in [-0.4, -0.2) is 37.0 Å². The third kappa shape index (κ3) is 3.60. The first kappa shape index (κ1) is 18.5. The first-order valence-electron chi connectivity index (χ1n) is 9.00. The molecule has 2 heterocycles. The Morgan fingerprint density at radius 1 is 1.00 bits per heavy atom.